The van der Waals surface area contributed by atoms with Gasteiger partial charge in [0.25, 0.3) is 11.8 Å². The Balaban J connectivity index is 1.65. The molecule has 3 rings (SSSR count). The van der Waals surface area contributed by atoms with Gasteiger partial charge in [-0.2, -0.15) is 0 Å². The molecular formula is C23H27F2N3O2. The molecule has 5 nitrogen and oxygen atoms in total. The van der Waals surface area contributed by atoms with Crippen molar-refractivity contribution in [1.29, 1.82) is 0 Å². The number of hydrogen-bond donors (Lipinski definition) is 1. The zero-order chi connectivity index (χ0) is 21.8. The van der Waals surface area contributed by atoms with Gasteiger partial charge in [-0.3, -0.25) is 9.59 Å². The maximum atomic E-state index is 13.8. The van der Waals surface area contributed by atoms with Crippen LogP contribution in [0.5, 0.6) is 0 Å². The van der Waals surface area contributed by atoms with Crippen molar-refractivity contribution in [3.63, 3.8) is 0 Å². The lowest BCUT2D eigenvalue weighted by molar-refractivity contribution is 0.0755. The number of benzene rings is 2. The molecule has 7 heteroatoms. The van der Waals surface area contributed by atoms with E-state index in [2.05, 4.69) is 10.2 Å². The number of carbonyl (C=O) groups is 2. The van der Waals surface area contributed by atoms with Crippen molar-refractivity contribution in [3.05, 3.63) is 65.2 Å². The lowest BCUT2D eigenvalue weighted by Crippen LogP contribution is -2.45. The molecule has 160 valence electrons. The van der Waals surface area contributed by atoms with Crippen LogP contribution in [-0.4, -0.2) is 48.9 Å². The number of nitrogens with one attached hydrogen (secondary N) is 1. The van der Waals surface area contributed by atoms with E-state index < -0.39 is 17.5 Å². The summed E-state index contributed by atoms with van der Waals surface area (Å²) in [5.74, 6) is -2.15. The number of carbonyl (C=O) groups excluding carboxylic acids is 2. The minimum Gasteiger partial charge on any atom is -0.371 e. The first-order chi connectivity index (χ1) is 14.3. The van der Waals surface area contributed by atoms with Gasteiger partial charge >= 0.3 is 0 Å². The fourth-order valence-electron chi connectivity index (χ4n) is 3.56. The van der Waals surface area contributed by atoms with Gasteiger partial charge in [0.15, 0.2) is 0 Å². The molecule has 2 aromatic rings. The topological polar surface area (TPSA) is 52.7 Å². The average Bonchev–Trinajstić information content (AvgIpc) is 2.73. The second-order valence-electron chi connectivity index (χ2n) is 7.89. The maximum absolute atomic E-state index is 13.8. The molecule has 0 atom stereocenters. The van der Waals surface area contributed by atoms with Gasteiger partial charge in [0.05, 0.1) is 11.1 Å². The Morgan fingerprint density at radius 1 is 1.07 bits per heavy atom. The molecule has 0 saturated carbocycles. The van der Waals surface area contributed by atoms with Crippen LogP contribution in [0, 0.1) is 11.6 Å². The van der Waals surface area contributed by atoms with E-state index in [9.17, 15) is 18.4 Å². The van der Waals surface area contributed by atoms with E-state index in [0.717, 1.165) is 17.8 Å². The number of hydrogen-bond acceptors (Lipinski definition) is 3. The summed E-state index contributed by atoms with van der Waals surface area (Å²) in [6.45, 7) is 5.26. The maximum Gasteiger partial charge on any atom is 0.255 e. The Hall–Kier alpha value is -2.96. The summed E-state index contributed by atoms with van der Waals surface area (Å²) in [7, 11) is 1.79. The predicted molar refractivity (Wildman–Crippen MR) is 113 cm³/mol. The van der Waals surface area contributed by atoms with Gasteiger partial charge in [0.2, 0.25) is 0 Å². The van der Waals surface area contributed by atoms with Crippen molar-refractivity contribution in [2.24, 2.45) is 0 Å². The summed E-state index contributed by atoms with van der Waals surface area (Å²) >= 11 is 0. The molecule has 0 spiro atoms. The Kier molecular flexibility index (Phi) is 6.70. The Bertz CT molecular complexity index is 924. The van der Waals surface area contributed by atoms with Gasteiger partial charge in [-0.25, -0.2) is 8.78 Å². The second-order valence-corrected chi connectivity index (χ2v) is 7.89. The van der Waals surface area contributed by atoms with Crippen molar-refractivity contribution in [1.82, 2.24) is 10.2 Å². The Morgan fingerprint density at radius 2 is 1.73 bits per heavy atom. The van der Waals surface area contributed by atoms with E-state index in [0.29, 0.717) is 37.6 Å². The van der Waals surface area contributed by atoms with Crippen LogP contribution in [-0.2, 0) is 0 Å². The first-order valence-corrected chi connectivity index (χ1v) is 10.1. The fourth-order valence-corrected chi connectivity index (χ4v) is 3.56. The van der Waals surface area contributed by atoms with Crippen LogP contribution in [0.15, 0.2) is 42.5 Å². The van der Waals surface area contributed by atoms with Crippen LogP contribution in [0.2, 0.25) is 0 Å². The van der Waals surface area contributed by atoms with Crippen LogP contribution in [0.1, 0.15) is 47.4 Å². The molecule has 0 bridgehead atoms. The summed E-state index contributed by atoms with van der Waals surface area (Å²) in [5, 5.41) is 2.83. The monoisotopic (exact) mass is 415 g/mol. The van der Waals surface area contributed by atoms with Crippen LogP contribution in [0.4, 0.5) is 14.5 Å². The van der Waals surface area contributed by atoms with Crippen LogP contribution in [0.25, 0.3) is 0 Å². The van der Waals surface area contributed by atoms with E-state index >= 15 is 0 Å². The van der Waals surface area contributed by atoms with Crippen molar-refractivity contribution >= 4 is 17.5 Å². The lowest BCUT2D eigenvalue weighted by atomic mass is 10.0. The molecule has 2 amide bonds. The minimum atomic E-state index is -0.869. The number of anilines is 1. The van der Waals surface area contributed by atoms with Gasteiger partial charge in [-0.15, -0.1) is 0 Å². The third-order valence-corrected chi connectivity index (χ3v) is 5.58. The molecule has 1 aliphatic heterocycles. The number of amides is 2. The number of para-hydroxylation sites is 1. The molecule has 0 aromatic heterocycles. The van der Waals surface area contributed by atoms with Gasteiger partial charge in [0.1, 0.15) is 11.6 Å². The first kappa shape index (κ1) is 21.7. The van der Waals surface area contributed by atoms with E-state index in [1.54, 1.807) is 11.9 Å². The van der Waals surface area contributed by atoms with Gasteiger partial charge in [-0.1, -0.05) is 12.1 Å². The SMILES string of the molecule is CC(C)N(C)C(=O)c1ccccc1N1CCC(NC(=O)c2ccc(F)cc2F)CC1. The number of halogens is 2. The van der Waals surface area contributed by atoms with Crippen molar-refractivity contribution in [2.75, 3.05) is 25.0 Å². The summed E-state index contributed by atoms with van der Waals surface area (Å²) in [5.41, 5.74) is 1.38. The fraction of sp³-hybridized carbons (Fsp3) is 0.391. The molecule has 2 aromatic carbocycles. The molecule has 30 heavy (non-hydrogen) atoms. The zero-order valence-corrected chi connectivity index (χ0v) is 17.5. The zero-order valence-electron chi connectivity index (χ0n) is 17.5. The quantitative estimate of drug-likeness (QED) is 0.807. The molecule has 1 N–H and O–H groups in total. The van der Waals surface area contributed by atoms with Crippen molar-refractivity contribution < 1.29 is 18.4 Å². The van der Waals surface area contributed by atoms with Crippen molar-refractivity contribution in [3.8, 4) is 0 Å². The highest BCUT2D eigenvalue weighted by atomic mass is 19.1. The summed E-state index contributed by atoms with van der Waals surface area (Å²) in [6, 6.07) is 10.5. The normalized spacial score (nSPS) is 14.7. The minimum absolute atomic E-state index is 0.0252. The molecule has 1 saturated heterocycles. The third kappa shape index (κ3) is 4.78. The second kappa shape index (κ2) is 9.24. The van der Waals surface area contributed by atoms with E-state index in [-0.39, 0.29) is 23.6 Å². The van der Waals surface area contributed by atoms with E-state index in [1.807, 2.05) is 38.1 Å². The highest BCUT2D eigenvalue weighted by Crippen LogP contribution is 2.26. The lowest BCUT2D eigenvalue weighted by Gasteiger charge is -2.35. The molecule has 0 radical (unpaired) electrons. The molecule has 0 aliphatic carbocycles. The van der Waals surface area contributed by atoms with E-state index in [4.69, 9.17) is 0 Å². The van der Waals surface area contributed by atoms with Crippen LogP contribution >= 0.6 is 0 Å². The molecule has 1 heterocycles. The standard InChI is InChI=1S/C23H27F2N3O2/c1-15(2)27(3)23(30)19-6-4-5-7-21(19)28-12-10-17(11-13-28)26-22(29)18-9-8-16(24)14-20(18)25/h4-9,14-15,17H,10-13H2,1-3H3,(H,26,29). The molecule has 1 aliphatic rings. The summed E-state index contributed by atoms with van der Waals surface area (Å²) in [6.07, 6.45) is 1.33. The number of nitrogens with zero attached hydrogens (tertiary/aromatic N) is 2. The van der Waals surface area contributed by atoms with Gasteiger partial charge in [0, 0.05) is 44.0 Å². The molecular weight excluding hydrogens is 388 g/mol. The Morgan fingerprint density at radius 3 is 2.37 bits per heavy atom. The number of piperidine rings is 1. The smallest absolute Gasteiger partial charge is 0.255 e. The highest BCUT2D eigenvalue weighted by molar-refractivity contribution is 6.00. The first-order valence-electron chi connectivity index (χ1n) is 10.1. The summed E-state index contributed by atoms with van der Waals surface area (Å²) in [4.78, 5) is 29.0. The average molecular weight is 415 g/mol. The molecule has 1 fully saturated rings. The third-order valence-electron chi connectivity index (χ3n) is 5.58. The largest absolute Gasteiger partial charge is 0.371 e. The van der Waals surface area contributed by atoms with Gasteiger partial charge < -0.3 is 15.1 Å². The van der Waals surface area contributed by atoms with Crippen molar-refractivity contribution in [2.45, 2.75) is 38.8 Å². The van der Waals surface area contributed by atoms with Crippen LogP contribution < -0.4 is 10.2 Å². The van der Waals surface area contributed by atoms with Gasteiger partial charge in [-0.05, 0) is 51.0 Å². The van der Waals surface area contributed by atoms with E-state index in [1.165, 1.54) is 0 Å². The number of rotatable bonds is 5. The summed E-state index contributed by atoms with van der Waals surface area (Å²) < 4.78 is 26.9. The highest BCUT2D eigenvalue weighted by Gasteiger charge is 2.26. The predicted octanol–water partition coefficient (Wildman–Crippen LogP) is 3.84. The Labute approximate surface area is 175 Å². The molecule has 0 unspecified atom stereocenters. The van der Waals surface area contributed by atoms with Crippen LogP contribution in [0.3, 0.4) is 0 Å².